The summed E-state index contributed by atoms with van der Waals surface area (Å²) in [6.07, 6.45) is 1.80. The van der Waals surface area contributed by atoms with Gasteiger partial charge in [-0.2, -0.15) is 0 Å². The fourth-order valence-electron chi connectivity index (χ4n) is 3.48. The number of rotatable bonds is 4. The van der Waals surface area contributed by atoms with Crippen LogP contribution in [0.1, 0.15) is 33.6 Å². The third-order valence-corrected chi connectivity index (χ3v) is 4.87. The van der Waals surface area contributed by atoms with Crippen LogP contribution >= 0.6 is 0 Å². The van der Waals surface area contributed by atoms with E-state index in [9.17, 15) is 14.4 Å². The lowest BCUT2D eigenvalue weighted by molar-refractivity contribution is -0.122. The van der Waals surface area contributed by atoms with Crippen LogP contribution in [0.3, 0.4) is 0 Å². The SMILES string of the molecule is CC(C)(C)C(NC(=O)n1c(=O)n(CC2CCCO2)c2ccccc21)C(N)=O. The van der Waals surface area contributed by atoms with Crippen molar-refractivity contribution in [1.82, 2.24) is 14.5 Å². The van der Waals surface area contributed by atoms with E-state index in [0.29, 0.717) is 24.2 Å². The summed E-state index contributed by atoms with van der Waals surface area (Å²) in [5, 5.41) is 2.62. The lowest BCUT2D eigenvalue weighted by Gasteiger charge is -2.28. The summed E-state index contributed by atoms with van der Waals surface area (Å²) in [7, 11) is 0. The molecule has 2 amide bonds. The molecule has 1 saturated heterocycles. The quantitative estimate of drug-likeness (QED) is 0.844. The molecular weight excluding hydrogens is 348 g/mol. The number of carbonyl (C=O) groups excluding carboxylic acids is 2. The molecule has 1 aromatic carbocycles. The van der Waals surface area contributed by atoms with Crippen LogP contribution in [-0.4, -0.2) is 39.8 Å². The Labute approximate surface area is 157 Å². The van der Waals surface area contributed by atoms with E-state index in [1.165, 1.54) is 0 Å². The number of hydrogen-bond acceptors (Lipinski definition) is 4. The summed E-state index contributed by atoms with van der Waals surface area (Å²) < 4.78 is 8.26. The normalized spacial score (nSPS) is 18.6. The number of amides is 2. The lowest BCUT2D eigenvalue weighted by Crippen LogP contribution is -2.54. The van der Waals surface area contributed by atoms with Crippen LogP contribution in [0.25, 0.3) is 11.0 Å². The maximum absolute atomic E-state index is 13.0. The summed E-state index contributed by atoms with van der Waals surface area (Å²) in [6, 6.07) is 5.51. The van der Waals surface area contributed by atoms with Gasteiger partial charge < -0.3 is 15.8 Å². The van der Waals surface area contributed by atoms with Crippen molar-refractivity contribution in [2.75, 3.05) is 6.61 Å². The monoisotopic (exact) mass is 374 g/mol. The Hall–Kier alpha value is -2.61. The van der Waals surface area contributed by atoms with Crippen molar-refractivity contribution in [2.45, 2.75) is 52.3 Å². The number of nitrogens with two attached hydrogens (primary N) is 1. The summed E-state index contributed by atoms with van der Waals surface area (Å²) in [5.74, 6) is -0.646. The number of primary amides is 1. The second kappa shape index (κ2) is 7.19. The molecule has 1 fully saturated rings. The molecule has 0 radical (unpaired) electrons. The van der Waals surface area contributed by atoms with Gasteiger partial charge in [-0.25, -0.2) is 14.2 Å². The van der Waals surface area contributed by atoms with Crippen LogP contribution in [0.2, 0.25) is 0 Å². The number of fused-ring (bicyclic) bond motifs is 1. The molecule has 0 aliphatic carbocycles. The van der Waals surface area contributed by atoms with E-state index < -0.39 is 29.1 Å². The summed E-state index contributed by atoms with van der Waals surface area (Å²) in [5.41, 5.74) is 5.55. The Morgan fingerprint density at radius 1 is 1.30 bits per heavy atom. The Morgan fingerprint density at radius 2 is 1.96 bits per heavy atom. The number of imidazole rings is 1. The summed E-state index contributed by atoms with van der Waals surface area (Å²) in [4.78, 5) is 37.7. The molecular formula is C19H26N4O4. The zero-order valence-corrected chi connectivity index (χ0v) is 15.9. The van der Waals surface area contributed by atoms with E-state index in [1.807, 2.05) is 6.07 Å². The summed E-state index contributed by atoms with van der Waals surface area (Å²) >= 11 is 0. The van der Waals surface area contributed by atoms with E-state index in [4.69, 9.17) is 10.5 Å². The van der Waals surface area contributed by atoms with Gasteiger partial charge in [0, 0.05) is 6.61 Å². The first-order chi connectivity index (χ1) is 12.7. The molecule has 3 N–H and O–H groups in total. The van der Waals surface area contributed by atoms with Gasteiger partial charge >= 0.3 is 11.7 Å². The highest BCUT2D eigenvalue weighted by atomic mass is 16.5. The van der Waals surface area contributed by atoms with Gasteiger partial charge in [-0.15, -0.1) is 0 Å². The van der Waals surface area contributed by atoms with Gasteiger partial charge in [0.1, 0.15) is 6.04 Å². The second-order valence-corrected chi connectivity index (χ2v) is 8.00. The molecule has 0 bridgehead atoms. The number of hydrogen-bond donors (Lipinski definition) is 2. The van der Waals surface area contributed by atoms with Crippen LogP contribution in [0.4, 0.5) is 4.79 Å². The maximum atomic E-state index is 13.0. The maximum Gasteiger partial charge on any atom is 0.337 e. The van der Waals surface area contributed by atoms with Gasteiger partial charge in [-0.3, -0.25) is 9.36 Å². The molecule has 27 heavy (non-hydrogen) atoms. The van der Waals surface area contributed by atoms with Crippen molar-refractivity contribution < 1.29 is 14.3 Å². The first-order valence-electron chi connectivity index (χ1n) is 9.12. The number of carbonyl (C=O) groups is 2. The zero-order chi connectivity index (χ0) is 19.8. The molecule has 0 saturated carbocycles. The number of ether oxygens (including phenoxy) is 1. The molecule has 2 unspecified atom stereocenters. The van der Waals surface area contributed by atoms with E-state index in [2.05, 4.69) is 5.32 Å². The van der Waals surface area contributed by atoms with Gasteiger partial charge in [-0.05, 0) is 30.4 Å². The van der Waals surface area contributed by atoms with Crippen molar-refractivity contribution in [1.29, 1.82) is 0 Å². The Kier molecular flexibility index (Phi) is 5.10. The van der Waals surface area contributed by atoms with Crippen molar-refractivity contribution >= 4 is 23.0 Å². The average Bonchev–Trinajstić information content (AvgIpc) is 3.19. The molecule has 0 spiro atoms. The predicted octanol–water partition coefficient (Wildman–Crippen LogP) is 1.44. The standard InChI is InChI=1S/C19H26N4O4/c1-19(2,3)15(16(20)24)21-17(25)23-14-9-5-4-8-13(14)22(18(23)26)11-12-7-6-10-27-12/h4-5,8-9,12,15H,6-7,10-11H2,1-3H3,(H2,20,24)(H,21,25). The Bertz CT molecular complexity index is 916. The van der Waals surface area contributed by atoms with Gasteiger partial charge in [0.05, 0.1) is 23.7 Å². The van der Waals surface area contributed by atoms with Crippen LogP contribution < -0.4 is 16.7 Å². The summed E-state index contributed by atoms with van der Waals surface area (Å²) in [6.45, 7) is 6.47. The number of nitrogens with one attached hydrogen (secondary N) is 1. The highest BCUT2D eigenvalue weighted by Crippen LogP contribution is 2.20. The molecule has 1 aliphatic heterocycles. The largest absolute Gasteiger partial charge is 0.376 e. The molecule has 1 aliphatic rings. The molecule has 8 nitrogen and oxygen atoms in total. The van der Waals surface area contributed by atoms with Gasteiger partial charge in [0.15, 0.2) is 0 Å². The van der Waals surface area contributed by atoms with Gasteiger partial charge in [0.2, 0.25) is 5.91 Å². The number of para-hydroxylation sites is 2. The Balaban J connectivity index is 2.01. The smallest absolute Gasteiger partial charge is 0.337 e. The predicted molar refractivity (Wildman–Crippen MR) is 102 cm³/mol. The molecule has 2 heterocycles. The van der Waals surface area contributed by atoms with Crippen molar-refractivity contribution in [3.8, 4) is 0 Å². The second-order valence-electron chi connectivity index (χ2n) is 8.00. The molecule has 1 aromatic heterocycles. The topological polar surface area (TPSA) is 108 Å². The highest BCUT2D eigenvalue weighted by molar-refractivity contribution is 5.92. The van der Waals surface area contributed by atoms with Crippen LogP contribution in [0.5, 0.6) is 0 Å². The third-order valence-electron chi connectivity index (χ3n) is 4.87. The van der Waals surface area contributed by atoms with E-state index in [0.717, 1.165) is 17.4 Å². The molecule has 2 atom stereocenters. The fourth-order valence-corrected chi connectivity index (χ4v) is 3.48. The van der Waals surface area contributed by atoms with Gasteiger partial charge in [0.25, 0.3) is 0 Å². The van der Waals surface area contributed by atoms with Crippen molar-refractivity contribution in [2.24, 2.45) is 11.1 Å². The average molecular weight is 374 g/mol. The van der Waals surface area contributed by atoms with Crippen LogP contribution in [-0.2, 0) is 16.1 Å². The van der Waals surface area contributed by atoms with Crippen LogP contribution in [0, 0.1) is 5.41 Å². The number of nitrogens with zero attached hydrogens (tertiary/aromatic N) is 2. The van der Waals surface area contributed by atoms with E-state index in [-0.39, 0.29) is 6.10 Å². The minimum absolute atomic E-state index is 0.0436. The molecule has 3 rings (SSSR count). The van der Waals surface area contributed by atoms with Crippen LogP contribution in [0.15, 0.2) is 29.1 Å². The lowest BCUT2D eigenvalue weighted by atomic mass is 9.86. The molecule has 146 valence electrons. The molecule has 8 heteroatoms. The van der Waals surface area contributed by atoms with Crippen molar-refractivity contribution in [3.05, 3.63) is 34.7 Å². The minimum Gasteiger partial charge on any atom is -0.376 e. The first-order valence-corrected chi connectivity index (χ1v) is 9.12. The highest BCUT2D eigenvalue weighted by Gasteiger charge is 2.32. The van der Waals surface area contributed by atoms with Gasteiger partial charge in [-0.1, -0.05) is 32.9 Å². The third kappa shape index (κ3) is 3.75. The first kappa shape index (κ1) is 19.2. The molecule has 2 aromatic rings. The zero-order valence-electron chi connectivity index (χ0n) is 15.9. The van der Waals surface area contributed by atoms with E-state index >= 15 is 0 Å². The number of aromatic nitrogens is 2. The minimum atomic E-state index is -0.905. The van der Waals surface area contributed by atoms with E-state index in [1.54, 1.807) is 43.5 Å². The van der Waals surface area contributed by atoms with Crippen molar-refractivity contribution in [3.63, 3.8) is 0 Å². The Morgan fingerprint density at radius 3 is 2.52 bits per heavy atom. The number of benzene rings is 1. The fraction of sp³-hybridized carbons (Fsp3) is 0.526.